The van der Waals surface area contributed by atoms with E-state index in [1.54, 1.807) is 48.6 Å². The van der Waals surface area contributed by atoms with Gasteiger partial charge in [-0.15, -0.1) is 0 Å². The molecule has 2 N–H and O–H groups in total. The molecule has 3 aromatic carbocycles. The van der Waals surface area contributed by atoms with Gasteiger partial charge in [-0.1, -0.05) is 31.4 Å². The molecule has 3 rings (SSSR count). The minimum Gasteiger partial charge on any atom is -0.494 e. The smallest absolute Gasteiger partial charge is 0.330 e. The van der Waals surface area contributed by atoms with E-state index in [9.17, 15) is 19.2 Å². The summed E-state index contributed by atoms with van der Waals surface area (Å²) >= 11 is 0. The van der Waals surface area contributed by atoms with Gasteiger partial charge in [0.15, 0.2) is 11.5 Å². The first kappa shape index (κ1) is 38.3. The minimum atomic E-state index is -0.447. The first-order valence-electron chi connectivity index (χ1n) is 16.0. The summed E-state index contributed by atoms with van der Waals surface area (Å²) < 4.78 is 26.8. The molecular weight excluding hydrogens is 640 g/mol. The van der Waals surface area contributed by atoms with Crippen LogP contribution in [0, 0.1) is 0 Å². The molecule has 0 spiro atoms. The van der Waals surface area contributed by atoms with Crippen molar-refractivity contribution >= 4 is 47.3 Å². The standard InChI is InChI=1S/C39H42N2O9/c1-4-38(44)49-26-8-6-24-47-33-19-10-29(11-20-33)13-22-36(42)40-31-15-17-32(18-16-31)41-37(43)23-14-30-12-21-34(35(28-30)46-3)48-25-7-9-27-50-39(45)5-2/h4-5,10-23,28H,1-2,6-9,24-27H2,3H3,(H,40,42)(H,41,43). The number of amides is 2. The number of anilines is 2. The predicted octanol–water partition coefficient (Wildman–Crippen LogP) is 6.78. The van der Waals surface area contributed by atoms with Crippen molar-refractivity contribution in [2.75, 3.05) is 44.2 Å². The minimum absolute atomic E-state index is 0.299. The molecule has 0 aliphatic rings. The van der Waals surface area contributed by atoms with Crippen LogP contribution in [-0.2, 0) is 28.7 Å². The number of hydrogen-bond donors (Lipinski definition) is 2. The number of hydrogen-bond acceptors (Lipinski definition) is 9. The van der Waals surface area contributed by atoms with Crippen molar-refractivity contribution < 1.29 is 42.9 Å². The summed E-state index contributed by atoms with van der Waals surface area (Å²) in [7, 11) is 1.54. The Morgan fingerprint density at radius 1 is 0.600 bits per heavy atom. The van der Waals surface area contributed by atoms with Gasteiger partial charge in [0.25, 0.3) is 0 Å². The normalized spacial score (nSPS) is 10.7. The molecule has 0 radical (unpaired) electrons. The molecule has 0 fully saturated rings. The van der Waals surface area contributed by atoms with Gasteiger partial charge in [-0.3, -0.25) is 9.59 Å². The van der Waals surface area contributed by atoms with Gasteiger partial charge >= 0.3 is 11.9 Å². The van der Waals surface area contributed by atoms with Crippen LogP contribution in [0.15, 0.2) is 104 Å². The molecular formula is C39H42N2O9. The topological polar surface area (TPSA) is 138 Å². The predicted molar refractivity (Wildman–Crippen MR) is 193 cm³/mol. The van der Waals surface area contributed by atoms with E-state index in [1.807, 2.05) is 30.3 Å². The highest BCUT2D eigenvalue weighted by atomic mass is 16.5. The van der Waals surface area contributed by atoms with Gasteiger partial charge in [-0.05, 0) is 97.5 Å². The lowest BCUT2D eigenvalue weighted by molar-refractivity contribution is -0.138. The summed E-state index contributed by atoms with van der Waals surface area (Å²) in [6.45, 7) is 8.25. The fraction of sp³-hybridized carbons (Fsp3) is 0.231. The number of ether oxygens (including phenoxy) is 5. The molecule has 0 atom stereocenters. The molecule has 0 saturated carbocycles. The number of nitrogens with one attached hydrogen (secondary N) is 2. The summed E-state index contributed by atoms with van der Waals surface area (Å²) in [5, 5.41) is 5.58. The fourth-order valence-electron chi connectivity index (χ4n) is 4.17. The number of carbonyl (C=O) groups excluding carboxylic acids is 4. The van der Waals surface area contributed by atoms with Crippen LogP contribution in [-0.4, -0.2) is 57.3 Å². The fourth-order valence-corrected chi connectivity index (χ4v) is 4.17. The Morgan fingerprint density at radius 2 is 1.08 bits per heavy atom. The molecule has 11 nitrogen and oxygen atoms in total. The molecule has 0 bridgehead atoms. The number of methoxy groups -OCH3 is 1. The molecule has 0 aromatic heterocycles. The van der Waals surface area contributed by atoms with Crippen LogP contribution >= 0.6 is 0 Å². The molecule has 3 aromatic rings. The highest BCUT2D eigenvalue weighted by molar-refractivity contribution is 6.03. The molecule has 11 heteroatoms. The maximum absolute atomic E-state index is 12.5. The van der Waals surface area contributed by atoms with Crippen LogP contribution in [0.25, 0.3) is 12.2 Å². The second-order valence-corrected chi connectivity index (χ2v) is 10.6. The van der Waals surface area contributed by atoms with E-state index in [1.165, 1.54) is 19.3 Å². The Morgan fingerprint density at radius 3 is 1.60 bits per heavy atom. The number of unbranched alkanes of at least 4 members (excludes halogenated alkanes) is 2. The Labute approximate surface area is 292 Å². The SMILES string of the molecule is C=CC(=O)OCCCCOc1ccc(C=CC(=O)Nc2ccc(NC(=O)C=Cc3ccc(OCCCCOC(=O)C=C)c(OC)c3)cc2)cc1. The zero-order valence-electron chi connectivity index (χ0n) is 28.1. The molecule has 0 unspecified atom stereocenters. The van der Waals surface area contributed by atoms with E-state index in [0.29, 0.717) is 74.3 Å². The van der Waals surface area contributed by atoms with Crippen LogP contribution in [0.3, 0.4) is 0 Å². The van der Waals surface area contributed by atoms with Gasteiger partial charge < -0.3 is 34.3 Å². The molecule has 0 heterocycles. The van der Waals surface area contributed by atoms with Crippen molar-refractivity contribution in [2.24, 2.45) is 0 Å². The van der Waals surface area contributed by atoms with Crippen molar-refractivity contribution in [3.8, 4) is 17.2 Å². The van der Waals surface area contributed by atoms with Crippen molar-refractivity contribution in [3.05, 3.63) is 115 Å². The lowest BCUT2D eigenvalue weighted by Crippen LogP contribution is -2.09. The summed E-state index contributed by atoms with van der Waals surface area (Å²) in [6.07, 6.45) is 11.2. The van der Waals surface area contributed by atoms with Crippen molar-refractivity contribution in [2.45, 2.75) is 25.7 Å². The lowest BCUT2D eigenvalue weighted by Gasteiger charge is -2.11. The van der Waals surface area contributed by atoms with Crippen molar-refractivity contribution in [1.29, 1.82) is 0 Å². The maximum atomic E-state index is 12.5. The van der Waals surface area contributed by atoms with Crippen LogP contribution in [0.1, 0.15) is 36.8 Å². The summed E-state index contributed by atoms with van der Waals surface area (Å²) in [6, 6.07) is 19.4. The summed E-state index contributed by atoms with van der Waals surface area (Å²) in [5.74, 6) is 0.277. The van der Waals surface area contributed by atoms with E-state index in [0.717, 1.165) is 29.7 Å². The second-order valence-electron chi connectivity index (χ2n) is 10.6. The number of carbonyl (C=O) groups is 4. The molecule has 2 amide bonds. The van der Waals surface area contributed by atoms with Crippen LogP contribution in [0.2, 0.25) is 0 Å². The Bertz CT molecular complexity index is 1640. The average molecular weight is 683 g/mol. The third-order valence-electron chi connectivity index (χ3n) is 6.77. The van der Waals surface area contributed by atoms with E-state index in [4.69, 9.17) is 23.7 Å². The quantitative estimate of drug-likeness (QED) is 0.0708. The van der Waals surface area contributed by atoms with Gasteiger partial charge in [-0.25, -0.2) is 9.59 Å². The zero-order valence-corrected chi connectivity index (χ0v) is 28.1. The van der Waals surface area contributed by atoms with Gasteiger partial charge in [0.1, 0.15) is 5.75 Å². The number of benzene rings is 3. The summed E-state index contributed by atoms with van der Waals surface area (Å²) in [5.41, 5.74) is 2.71. The Hall–Kier alpha value is -6.10. The Balaban J connectivity index is 1.38. The highest BCUT2D eigenvalue weighted by Gasteiger charge is 2.07. The maximum Gasteiger partial charge on any atom is 0.330 e. The van der Waals surface area contributed by atoms with E-state index in [-0.39, 0.29) is 11.8 Å². The van der Waals surface area contributed by atoms with Crippen LogP contribution < -0.4 is 24.8 Å². The average Bonchev–Trinajstić information content (AvgIpc) is 3.13. The number of esters is 2. The second kappa shape index (κ2) is 21.7. The monoisotopic (exact) mass is 682 g/mol. The molecule has 0 aliphatic carbocycles. The molecule has 0 aliphatic heterocycles. The van der Waals surface area contributed by atoms with Crippen LogP contribution in [0.5, 0.6) is 17.2 Å². The lowest BCUT2D eigenvalue weighted by atomic mass is 10.2. The summed E-state index contributed by atoms with van der Waals surface area (Å²) in [4.78, 5) is 47.1. The van der Waals surface area contributed by atoms with Gasteiger partial charge in [0, 0.05) is 35.7 Å². The van der Waals surface area contributed by atoms with Gasteiger partial charge in [-0.2, -0.15) is 0 Å². The van der Waals surface area contributed by atoms with Crippen molar-refractivity contribution in [3.63, 3.8) is 0 Å². The van der Waals surface area contributed by atoms with Gasteiger partial charge in [0.05, 0.1) is 33.5 Å². The third-order valence-corrected chi connectivity index (χ3v) is 6.77. The molecule has 50 heavy (non-hydrogen) atoms. The van der Waals surface area contributed by atoms with Gasteiger partial charge in [0.2, 0.25) is 11.8 Å². The third kappa shape index (κ3) is 14.8. The first-order chi connectivity index (χ1) is 24.3. The first-order valence-corrected chi connectivity index (χ1v) is 16.0. The van der Waals surface area contributed by atoms with E-state index >= 15 is 0 Å². The van der Waals surface area contributed by atoms with Crippen LogP contribution in [0.4, 0.5) is 11.4 Å². The van der Waals surface area contributed by atoms with E-state index < -0.39 is 11.9 Å². The highest BCUT2D eigenvalue weighted by Crippen LogP contribution is 2.29. The van der Waals surface area contributed by atoms with Crippen molar-refractivity contribution in [1.82, 2.24) is 0 Å². The van der Waals surface area contributed by atoms with E-state index in [2.05, 4.69) is 23.8 Å². The molecule has 0 saturated heterocycles. The Kier molecular flexibility index (Phi) is 16.7. The molecule has 262 valence electrons. The zero-order chi connectivity index (χ0) is 36.0. The number of rotatable bonds is 21. The largest absolute Gasteiger partial charge is 0.494 e.